The summed E-state index contributed by atoms with van der Waals surface area (Å²) in [5, 5.41) is 21.6. The van der Waals surface area contributed by atoms with Crippen LogP contribution in [0.1, 0.15) is 17.5 Å². The SMILES string of the molecule is Cc1ncsc1CCOCC(O)CNCC(C)O. The normalized spacial score (nSPS) is 14.7. The number of nitrogens with one attached hydrogen (secondary N) is 1. The lowest BCUT2D eigenvalue weighted by Crippen LogP contribution is -2.34. The van der Waals surface area contributed by atoms with Crippen molar-refractivity contribution < 1.29 is 14.9 Å². The van der Waals surface area contributed by atoms with Gasteiger partial charge in [0.05, 0.1) is 36.6 Å². The smallest absolute Gasteiger partial charge is 0.0897 e. The molecule has 18 heavy (non-hydrogen) atoms. The highest BCUT2D eigenvalue weighted by molar-refractivity contribution is 7.09. The molecule has 2 atom stereocenters. The Morgan fingerprint density at radius 2 is 2.22 bits per heavy atom. The highest BCUT2D eigenvalue weighted by Gasteiger charge is 2.06. The molecule has 0 aromatic carbocycles. The minimum absolute atomic E-state index is 0.310. The highest BCUT2D eigenvalue weighted by atomic mass is 32.1. The third-order valence-electron chi connectivity index (χ3n) is 2.45. The lowest BCUT2D eigenvalue weighted by molar-refractivity contribution is 0.0370. The maximum absolute atomic E-state index is 9.59. The van der Waals surface area contributed by atoms with E-state index < -0.39 is 12.2 Å². The standard InChI is InChI=1S/C12H22N2O3S/c1-9(15)5-13-6-11(16)7-17-4-3-12-10(2)14-8-18-12/h8-9,11,13,15-16H,3-7H2,1-2H3. The average Bonchev–Trinajstić information content (AvgIpc) is 2.70. The second-order valence-corrected chi connectivity index (χ2v) is 5.29. The van der Waals surface area contributed by atoms with Crippen molar-refractivity contribution in [1.82, 2.24) is 10.3 Å². The molecule has 0 saturated carbocycles. The third-order valence-corrected chi connectivity index (χ3v) is 3.44. The number of ether oxygens (including phenoxy) is 1. The fourth-order valence-electron chi connectivity index (χ4n) is 1.47. The van der Waals surface area contributed by atoms with Crippen LogP contribution in [0, 0.1) is 6.92 Å². The molecule has 1 aromatic rings. The van der Waals surface area contributed by atoms with Gasteiger partial charge < -0.3 is 20.3 Å². The van der Waals surface area contributed by atoms with Gasteiger partial charge in [0.25, 0.3) is 0 Å². The fourth-order valence-corrected chi connectivity index (χ4v) is 2.23. The summed E-state index contributed by atoms with van der Waals surface area (Å²) in [7, 11) is 0. The van der Waals surface area contributed by atoms with Crippen LogP contribution in [0.3, 0.4) is 0 Å². The summed E-state index contributed by atoms with van der Waals surface area (Å²) >= 11 is 1.63. The van der Waals surface area contributed by atoms with E-state index in [-0.39, 0.29) is 0 Å². The first-order chi connectivity index (χ1) is 8.59. The monoisotopic (exact) mass is 274 g/mol. The van der Waals surface area contributed by atoms with Crippen molar-refractivity contribution in [2.75, 3.05) is 26.3 Å². The molecule has 3 N–H and O–H groups in total. The molecule has 1 rings (SSSR count). The predicted molar refractivity (Wildman–Crippen MR) is 71.9 cm³/mol. The van der Waals surface area contributed by atoms with Gasteiger partial charge >= 0.3 is 0 Å². The van der Waals surface area contributed by atoms with Crippen LogP contribution in [-0.4, -0.2) is 53.7 Å². The maximum atomic E-state index is 9.59. The van der Waals surface area contributed by atoms with E-state index in [9.17, 15) is 5.11 Å². The van der Waals surface area contributed by atoms with Crippen LogP contribution < -0.4 is 5.32 Å². The zero-order valence-corrected chi connectivity index (χ0v) is 11.7. The number of rotatable bonds is 9. The molecule has 0 aliphatic heterocycles. The molecular formula is C12H22N2O3S. The van der Waals surface area contributed by atoms with E-state index in [1.54, 1.807) is 18.3 Å². The zero-order valence-electron chi connectivity index (χ0n) is 10.9. The predicted octanol–water partition coefficient (Wildman–Crippen LogP) is 0.342. The summed E-state index contributed by atoms with van der Waals surface area (Å²) in [6.07, 6.45) is -0.0941. The van der Waals surface area contributed by atoms with Crippen molar-refractivity contribution in [1.29, 1.82) is 0 Å². The average molecular weight is 274 g/mol. The summed E-state index contributed by atoms with van der Waals surface area (Å²) in [5.41, 5.74) is 2.89. The largest absolute Gasteiger partial charge is 0.392 e. The van der Waals surface area contributed by atoms with Crippen LogP contribution >= 0.6 is 11.3 Å². The van der Waals surface area contributed by atoms with Crippen molar-refractivity contribution in [3.8, 4) is 0 Å². The van der Waals surface area contributed by atoms with Crippen molar-refractivity contribution in [2.24, 2.45) is 0 Å². The van der Waals surface area contributed by atoms with Crippen molar-refractivity contribution in [2.45, 2.75) is 32.5 Å². The molecule has 5 nitrogen and oxygen atoms in total. The summed E-state index contributed by atoms with van der Waals surface area (Å²) in [5.74, 6) is 0. The number of aryl methyl sites for hydroxylation is 1. The molecule has 0 spiro atoms. The van der Waals surface area contributed by atoms with Gasteiger partial charge in [0, 0.05) is 24.4 Å². The first-order valence-electron chi connectivity index (χ1n) is 6.13. The molecule has 0 saturated heterocycles. The van der Waals surface area contributed by atoms with E-state index in [0.29, 0.717) is 26.3 Å². The van der Waals surface area contributed by atoms with Gasteiger partial charge in [-0.05, 0) is 13.8 Å². The van der Waals surface area contributed by atoms with Gasteiger partial charge in [-0.3, -0.25) is 0 Å². The molecule has 2 unspecified atom stereocenters. The molecule has 0 bridgehead atoms. The Kier molecular flexibility index (Phi) is 7.38. The topological polar surface area (TPSA) is 74.6 Å². The molecule has 1 aromatic heterocycles. The molecule has 6 heteroatoms. The molecule has 1 heterocycles. The van der Waals surface area contributed by atoms with Crippen molar-refractivity contribution in [3.05, 3.63) is 16.1 Å². The first kappa shape index (κ1) is 15.5. The fraction of sp³-hybridized carbons (Fsp3) is 0.750. The van der Waals surface area contributed by atoms with E-state index in [0.717, 1.165) is 12.1 Å². The number of aromatic nitrogens is 1. The van der Waals surface area contributed by atoms with Crippen LogP contribution in [0.25, 0.3) is 0 Å². The van der Waals surface area contributed by atoms with Gasteiger partial charge in [-0.25, -0.2) is 4.98 Å². The van der Waals surface area contributed by atoms with Gasteiger partial charge in [-0.2, -0.15) is 0 Å². The zero-order chi connectivity index (χ0) is 13.4. The summed E-state index contributed by atoms with van der Waals surface area (Å²) in [4.78, 5) is 5.40. The number of aliphatic hydroxyl groups is 2. The molecule has 104 valence electrons. The molecule has 0 aliphatic carbocycles. The van der Waals surface area contributed by atoms with E-state index in [1.807, 2.05) is 12.4 Å². The minimum atomic E-state index is -0.536. The molecular weight excluding hydrogens is 252 g/mol. The van der Waals surface area contributed by atoms with E-state index in [4.69, 9.17) is 9.84 Å². The Morgan fingerprint density at radius 3 is 2.83 bits per heavy atom. The summed E-state index contributed by atoms with van der Waals surface area (Å²) in [6, 6.07) is 0. The number of hydrogen-bond acceptors (Lipinski definition) is 6. The van der Waals surface area contributed by atoms with Crippen LogP contribution in [0.2, 0.25) is 0 Å². The Bertz CT molecular complexity index is 331. The van der Waals surface area contributed by atoms with Gasteiger partial charge in [-0.1, -0.05) is 0 Å². The van der Waals surface area contributed by atoms with E-state index >= 15 is 0 Å². The second-order valence-electron chi connectivity index (χ2n) is 4.35. The van der Waals surface area contributed by atoms with Crippen LogP contribution in [-0.2, 0) is 11.2 Å². The van der Waals surface area contributed by atoms with Gasteiger partial charge in [0.2, 0.25) is 0 Å². The van der Waals surface area contributed by atoms with Crippen LogP contribution in [0.15, 0.2) is 5.51 Å². The van der Waals surface area contributed by atoms with E-state index in [2.05, 4.69) is 10.3 Å². The van der Waals surface area contributed by atoms with Gasteiger partial charge in [0.1, 0.15) is 0 Å². The number of aliphatic hydroxyl groups excluding tert-OH is 2. The number of hydrogen-bond donors (Lipinski definition) is 3. The molecule has 0 amide bonds. The number of nitrogens with zero attached hydrogens (tertiary/aromatic N) is 1. The Labute approximate surface area is 112 Å². The van der Waals surface area contributed by atoms with Crippen molar-refractivity contribution in [3.63, 3.8) is 0 Å². The molecule has 0 aliphatic rings. The number of thiazole rings is 1. The van der Waals surface area contributed by atoms with Gasteiger partial charge in [0.15, 0.2) is 0 Å². The highest BCUT2D eigenvalue weighted by Crippen LogP contribution is 2.12. The summed E-state index contributed by atoms with van der Waals surface area (Å²) < 4.78 is 5.41. The second kappa shape index (κ2) is 8.55. The Morgan fingerprint density at radius 1 is 1.44 bits per heavy atom. The Hall–Kier alpha value is -0.530. The molecule has 0 radical (unpaired) electrons. The maximum Gasteiger partial charge on any atom is 0.0897 e. The minimum Gasteiger partial charge on any atom is -0.392 e. The van der Waals surface area contributed by atoms with Crippen molar-refractivity contribution >= 4 is 11.3 Å². The quantitative estimate of drug-likeness (QED) is 0.566. The van der Waals surface area contributed by atoms with Crippen LogP contribution in [0.4, 0.5) is 0 Å². The lowest BCUT2D eigenvalue weighted by atomic mass is 10.3. The summed E-state index contributed by atoms with van der Waals surface area (Å²) in [6.45, 7) is 5.51. The van der Waals surface area contributed by atoms with E-state index in [1.165, 1.54) is 4.88 Å². The third kappa shape index (κ3) is 6.42. The van der Waals surface area contributed by atoms with Gasteiger partial charge in [-0.15, -0.1) is 11.3 Å². The first-order valence-corrected chi connectivity index (χ1v) is 7.01. The lowest BCUT2D eigenvalue weighted by Gasteiger charge is -2.13. The van der Waals surface area contributed by atoms with Crippen LogP contribution in [0.5, 0.6) is 0 Å². The molecule has 0 fully saturated rings. The Balaban J connectivity index is 2.02.